The molecule has 0 aliphatic carbocycles. The number of hydrogen-bond donors (Lipinski definition) is 1. The van der Waals surface area contributed by atoms with Gasteiger partial charge in [-0.05, 0) is 41.8 Å². The van der Waals surface area contributed by atoms with Crippen molar-refractivity contribution in [1.29, 1.82) is 0 Å². The average Bonchev–Trinajstić information content (AvgIpc) is 3.16. The molecule has 0 saturated heterocycles. The quantitative estimate of drug-likeness (QED) is 0.489. The molecule has 4 rings (SSSR count). The average molecular weight is 371 g/mol. The van der Waals surface area contributed by atoms with Gasteiger partial charge in [-0.3, -0.25) is 0 Å². The van der Waals surface area contributed by atoms with Crippen LogP contribution in [0.3, 0.4) is 0 Å². The summed E-state index contributed by atoms with van der Waals surface area (Å²) in [7, 11) is 0. The van der Waals surface area contributed by atoms with Crippen LogP contribution in [0.4, 0.5) is 0 Å². The number of aromatic nitrogens is 3. The lowest BCUT2D eigenvalue weighted by molar-refractivity contribution is 0.166. The number of ether oxygens (including phenoxy) is 1. The molecular formula is C23H21N3O2. The van der Waals surface area contributed by atoms with E-state index < -0.39 is 0 Å². The molecule has 0 spiro atoms. The van der Waals surface area contributed by atoms with Gasteiger partial charge in [-0.25, -0.2) is 0 Å². The Balaban J connectivity index is 1.36. The van der Waals surface area contributed by atoms with Crippen LogP contribution < -0.4 is 0 Å². The second-order valence-corrected chi connectivity index (χ2v) is 6.44. The first-order chi connectivity index (χ1) is 13.8. The second kappa shape index (κ2) is 8.50. The van der Waals surface area contributed by atoms with Gasteiger partial charge < -0.3 is 9.84 Å². The van der Waals surface area contributed by atoms with Gasteiger partial charge in [-0.1, -0.05) is 60.7 Å². The Hall–Kier alpha value is -3.44. The fraction of sp³-hybridized carbons (Fsp3) is 0.130. The van der Waals surface area contributed by atoms with Crippen LogP contribution in [0.5, 0.6) is 5.75 Å². The van der Waals surface area contributed by atoms with Crippen LogP contribution in [-0.2, 0) is 11.2 Å². The van der Waals surface area contributed by atoms with Gasteiger partial charge in [0.1, 0.15) is 22.5 Å². The summed E-state index contributed by atoms with van der Waals surface area (Å²) in [5.41, 5.74) is 4.37. The van der Waals surface area contributed by atoms with Gasteiger partial charge in [-0.15, -0.1) is 15.0 Å². The van der Waals surface area contributed by atoms with E-state index >= 15 is 0 Å². The largest absolute Gasteiger partial charge is 0.506 e. The highest BCUT2D eigenvalue weighted by molar-refractivity contribution is 5.73. The van der Waals surface area contributed by atoms with Crippen molar-refractivity contribution in [2.75, 3.05) is 13.2 Å². The number of fused-ring (bicyclic) bond motifs is 1. The third-order valence-electron chi connectivity index (χ3n) is 4.40. The monoisotopic (exact) mass is 371 g/mol. The lowest BCUT2D eigenvalue weighted by Crippen LogP contribution is -2.02. The van der Waals surface area contributed by atoms with Crippen LogP contribution in [0.2, 0.25) is 0 Å². The van der Waals surface area contributed by atoms with Gasteiger partial charge in [-0.2, -0.15) is 0 Å². The van der Waals surface area contributed by atoms with Crippen LogP contribution in [0.15, 0.2) is 78.9 Å². The van der Waals surface area contributed by atoms with Crippen molar-refractivity contribution >= 4 is 17.1 Å². The van der Waals surface area contributed by atoms with Gasteiger partial charge >= 0.3 is 0 Å². The van der Waals surface area contributed by atoms with E-state index in [1.165, 1.54) is 4.80 Å². The molecule has 140 valence electrons. The fourth-order valence-corrected chi connectivity index (χ4v) is 2.94. The molecule has 5 nitrogen and oxygen atoms in total. The minimum absolute atomic E-state index is 0.149. The molecule has 0 bridgehead atoms. The van der Waals surface area contributed by atoms with E-state index in [0.29, 0.717) is 18.9 Å². The van der Waals surface area contributed by atoms with Crippen LogP contribution in [0, 0.1) is 0 Å². The Labute approximate surface area is 163 Å². The fourth-order valence-electron chi connectivity index (χ4n) is 2.94. The summed E-state index contributed by atoms with van der Waals surface area (Å²) < 4.78 is 5.70. The van der Waals surface area contributed by atoms with E-state index in [1.807, 2.05) is 66.7 Å². The zero-order chi connectivity index (χ0) is 19.2. The van der Waals surface area contributed by atoms with Crippen LogP contribution in [-0.4, -0.2) is 33.3 Å². The molecule has 0 unspecified atom stereocenters. The Morgan fingerprint density at radius 1 is 0.893 bits per heavy atom. The highest BCUT2D eigenvalue weighted by Gasteiger charge is 2.09. The van der Waals surface area contributed by atoms with Crippen LogP contribution in [0.25, 0.3) is 22.8 Å². The molecule has 4 aromatic rings. The number of hydrogen-bond acceptors (Lipinski definition) is 4. The Morgan fingerprint density at radius 3 is 2.36 bits per heavy atom. The maximum Gasteiger partial charge on any atom is 0.143 e. The standard InChI is InChI=1S/C23H21N3O2/c27-23-13-12-19(14-16-28-15-6-9-18-7-2-1-3-8-18)17-22(23)26-24-20-10-4-5-11-21(20)25-26/h1-13,17,27H,14-16H2. The van der Waals surface area contributed by atoms with Crippen molar-refractivity contribution in [1.82, 2.24) is 15.0 Å². The first-order valence-corrected chi connectivity index (χ1v) is 9.23. The van der Waals surface area contributed by atoms with Crippen molar-refractivity contribution in [2.24, 2.45) is 0 Å². The van der Waals surface area contributed by atoms with Gasteiger partial charge in [0.25, 0.3) is 0 Å². The lowest BCUT2D eigenvalue weighted by Gasteiger charge is -2.07. The van der Waals surface area contributed by atoms with E-state index in [9.17, 15) is 5.11 Å². The molecule has 1 heterocycles. The van der Waals surface area contributed by atoms with Gasteiger partial charge in [0.15, 0.2) is 0 Å². The second-order valence-electron chi connectivity index (χ2n) is 6.44. The predicted molar refractivity (Wildman–Crippen MR) is 111 cm³/mol. The van der Waals surface area contributed by atoms with E-state index in [4.69, 9.17) is 4.74 Å². The molecule has 0 saturated carbocycles. The molecule has 0 atom stereocenters. The SMILES string of the molecule is Oc1ccc(CCOCC=Cc2ccccc2)cc1-n1nc2ccccc2n1. The summed E-state index contributed by atoms with van der Waals surface area (Å²) >= 11 is 0. The number of benzene rings is 3. The molecule has 0 aliphatic rings. The summed E-state index contributed by atoms with van der Waals surface area (Å²) in [5, 5.41) is 19.1. The Kier molecular flexibility index (Phi) is 5.45. The minimum Gasteiger partial charge on any atom is -0.506 e. The van der Waals surface area contributed by atoms with Crippen molar-refractivity contribution in [3.05, 3.63) is 90.0 Å². The highest BCUT2D eigenvalue weighted by Crippen LogP contribution is 2.23. The summed E-state index contributed by atoms with van der Waals surface area (Å²) in [4.78, 5) is 1.48. The smallest absolute Gasteiger partial charge is 0.143 e. The highest BCUT2D eigenvalue weighted by atomic mass is 16.5. The minimum atomic E-state index is 0.149. The Morgan fingerprint density at radius 2 is 1.61 bits per heavy atom. The number of rotatable bonds is 7. The molecule has 1 aromatic heterocycles. The molecular weight excluding hydrogens is 350 g/mol. The maximum atomic E-state index is 10.2. The summed E-state index contributed by atoms with van der Waals surface area (Å²) in [6.07, 6.45) is 4.80. The summed E-state index contributed by atoms with van der Waals surface area (Å²) in [5.74, 6) is 0.149. The number of phenols is 1. The number of phenolic OH excluding ortho intramolecular Hbond substituents is 1. The van der Waals surface area contributed by atoms with E-state index in [0.717, 1.165) is 28.6 Å². The van der Waals surface area contributed by atoms with Crippen LogP contribution in [0.1, 0.15) is 11.1 Å². The third-order valence-corrected chi connectivity index (χ3v) is 4.40. The zero-order valence-corrected chi connectivity index (χ0v) is 15.4. The van der Waals surface area contributed by atoms with Crippen LogP contribution >= 0.6 is 0 Å². The zero-order valence-electron chi connectivity index (χ0n) is 15.4. The lowest BCUT2D eigenvalue weighted by atomic mass is 10.1. The summed E-state index contributed by atoms with van der Waals surface area (Å²) in [6, 6.07) is 23.2. The van der Waals surface area contributed by atoms with E-state index in [1.54, 1.807) is 6.07 Å². The van der Waals surface area contributed by atoms with Crippen molar-refractivity contribution in [2.45, 2.75) is 6.42 Å². The molecule has 0 amide bonds. The Bertz CT molecular complexity index is 1050. The van der Waals surface area contributed by atoms with Gasteiger partial charge in [0, 0.05) is 0 Å². The molecule has 5 heteroatoms. The third kappa shape index (κ3) is 4.27. The topological polar surface area (TPSA) is 60.2 Å². The molecule has 0 fully saturated rings. The molecule has 3 aromatic carbocycles. The van der Waals surface area contributed by atoms with E-state index in [-0.39, 0.29) is 5.75 Å². The van der Waals surface area contributed by atoms with Crippen molar-refractivity contribution < 1.29 is 9.84 Å². The first-order valence-electron chi connectivity index (χ1n) is 9.23. The van der Waals surface area contributed by atoms with E-state index in [2.05, 4.69) is 22.3 Å². The maximum absolute atomic E-state index is 10.2. The normalized spacial score (nSPS) is 11.4. The molecule has 1 N–H and O–H groups in total. The molecule has 0 aliphatic heterocycles. The van der Waals surface area contributed by atoms with Crippen molar-refractivity contribution in [3.8, 4) is 11.4 Å². The molecule has 0 radical (unpaired) electrons. The number of aromatic hydroxyl groups is 1. The van der Waals surface area contributed by atoms with Gasteiger partial charge in [0.05, 0.1) is 13.2 Å². The summed E-state index contributed by atoms with van der Waals surface area (Å²) in [6.45, 7) is 1.16. The molecule has 28 heavy (non-hydrogen) atoms. The number of nitrogens with zero attached hydrogens (tertiary/aromatic N) is 3. The predicted octanol–water partition coefficient (Wildman–Crippen LogP) is 4.40. The van der Waals surface area contributed by atoms with Gasteiger partial charge in [0.2, 0.25) is 0 Å². The van der Waals surface area contributed by atoms with Crippen molar-refractivity contribution in [3.63, 3.8) is 0 Å². The first kappa shape index (κ1) is 17.9.